The average Bonchev–Trinajstić information content (AvgIpc) is 3.12. The Kier molecular flexibility index (Phi) is 8.23. The molecule has 1 aliphatic rings. The van der Waals surface area contributed by atoms with Crippen molar-refractivity contribution in [1.29, 1.82) is 0 Å². The fraction of sp³-hybridized carbons (Fsp3) is 0.241. The largest absolute Gasteiger partial charge is 0.872 e. The number of phenolic OH excluding ortho intramolecular Hbond substituents is 3. The van der Waals surface area contributed by atoms with Gasteiger partial charge in [0.15, 0.2) is 0 Å². The maximum Gasteiger partial charge on any atom is 0.338 e. The molecular weight excluding hydrogens is 522 g/mol. The molecule has 0 saturated heterocycles. The minimum Gasteiger partial charge on any atom is -0.872 e. The Morgan fingerprint density at radius 2 is 1.48 bits per heavy atom. The van der Waals surface area contributed by atoms with Crippen molar-refractivity contribution in [3.05, 3.63) is 82.4 Å². The summed E-state index contributed by atoms with van der Waals surface area (Å²) in [5.74, 6) is -6.72. The van der Waals surface area contributed by atoms with Crippen molar-refractivity contribution in [2.24, 2.45) is 0 Å². The second-order valence-electron chi connectivity index (χ2n) is 9.41. The number of esters is 1. The first-order chi connectivity index (χ1) is 19.1. The number of nitrogens with one attached hydrogen (secondary N) is 1. The molecule has 1 saturated carbocycles. The number of carbonyl (C=O) groups is 4. The SMILES string of the molecule is O=C(NC1CCCCCC1OC(=O)c1cc(O)c(C(=O)c2c([O-])cccc2C(=O)O)c(O)c1)c1ccc(O)cc1. The molecule has 11 nitrogen and oxygen atoms in total. The molecule has 0 radical (unpaired) electrons. The molecule has 0 spiro atoms. The predicted octanol–water partition coefficient (Wildman–Crippen LogP) is 3.09. The van der Waals surface area contributed by atoms with Crippen LogP contribution in [0.15, 0.2) is 54.6 Å². The van der Waals surface area contributed by atoms with Crippen molar-refractivity contribution < 1.29 is 49.4 Å². The number of ketones is 1. The third-order valence-electron chi connectivity index (χ3n) is 6.70. The van der Waals surface area contributed by atoms with Gasteiger partial charge in [0, 0.05) is 11.1 Å². The molecule has 1 aliphatic carbocycles. The lowest BCUT2D eigenvalue weighted by molar-refractivity contribution is -0.268. The summed E-state index contributed by atoms with van der Waals surface area (Å²) < 4.78 is 5.66. The van der Waals surface area contributed by atoms with E-state index < -0.39 is 69.7 Å². The van der Waals surface area contributed by atoms with Crippen molar-refractivity contribution in [1.82, 2.24) is 5.32 Å². The fourth-order valence-electron chi connectivity index (χ4n) is 4.68. The van der Waals surface area contributed by atoms with Crippen LogP contribution in [0, 0.1) is 0 Å². The Bertz CT molecular complexity index is 1440. The summed E-state index contributed by atoms with van der Waals surface area (Å²) >= 11 is 0. The van der Waals surface area contributed by atoms with Crippen LogP contribution in [-0.4, -0.2) is 56.2 Å². The van der Waals surface area contributed by atoms with Crippen molar-refractivity contribution >= 4 is 23.6 Å². The highest BCUT2D eigenvalue weighted by molar-refractivity contribution is 6.18. The van der Waals surface area contributed by atoms with Crippen molar-refractivity contribution in [2.75, 3.05) is 0 Å². The summed E-state index contributed by atoms with van der Waals surface area (Å²) in [6, 6.07) is 10.1. The Morgan fingerprint density at radius 3 is 2.12 bits per heavy atom. The van der Waals surface area contributed by atoms with E-state index in [9.17, 15) is 44.7 Å². The quantitative estimate of drug-likeness (QED) is 0.166. The van der Waals surface area contributed by atoms with Gasteiger partial charge in [0.05, 0.1) is 17.2 Å². The van der Waals surface area contributed by atoms with E-state index in [1.807, 2.05) is 0 Å². The number of benzene rings is 3. The standard InChI is InChI=1S/C29H27NO10/c31-17-11-9-15(10-12-17)27(36)30-19-6-2-1-3-8-23(19)40-29(39)16-13-21(33)25(22(34)14-16)26(35)24-18(28(37)38)5-4-7-20(24)32/h4-5,7,9-14,19,23,31-34H,1-3,6,8H2,(H,30,36)(H,37,38)/p-1. The molecule has 4 rings (SSSR count). The smallest absolute Gasteiger partial charge is 0.338 e. The van der Waals surface area contributed by atoms with Gasteiger partial charge in [0.25, 0.3) is 5.91 Å². The average molecular weight is 549 g/mol. The van der Waals surface area contributed by atoms with Crippen LogP contribution in [0.1, 0.15) is 79.1 Å². The highest BCUT2D eigenvalue weighted by Crippen LogP contribution is 2.34. The van der Waals surface area contributed by atoms with E-state index in [2.05, 4.69) is 5.32 Å². The molecule has 40 heavy (non-hydrogen) atoms. The van der Waals surface area contributed by atoms with Gasteiger partial charge in [-0.15, -0.1) is 0 Å². The molecule has 0 aliphatic heterocycles. The first kappa shape index (κ1) is 28.0. The minimum absolute atomic E-state index is 0.0107. The summed E-state index contributed by atoms with van der Waals surface area (Å²) in [6.07, 6.45) is 2.62. The molecule has 0 aromatic heterocycles. The molecule has 0 bridgehead atoms. The molecule has 1 amide bonds. The number of ether oxygens (including phenoxy) is 1. The van der Waals surface area contributed by atoms with Gasteiger partial charge < -0.3 is 35.6 Å². The summed E-state index contributed by atoms with van der Waals surface area (Å²) in [7, 11) is 0. The van der Waals surface area contributed by atoms with E-state index in [1.54, 1.807) is 0 Å². The number of carbonyl (C=O) groups excluding carboxylic acids is 3. The Morgan fingerprint density at radius 1 is 0.825 bits per heavy atom. The fourth-order valence-corrected chi connectivity index (χ4v) is 4.68. The molecule has 2 unspecified atom stereocenters. The van der Waals surface area contributed by atoms with Crippen molar-refractivity contribution in [2.45, 2.75) is 44.2 Å². The van der Waals surface area contributed by atoms with Gasteiger partial charge in [-0.05, 0) is 61.7 Å². The monoisotopic (exact) mass is 548 g/mol. The number of hydrogen-bond acceptors (Lipinski definition) is 9. The number of phenols is 3. The molecule has 1 fully saturated rings. The van der Waals surface area contributed by atoms with Gasteiger partial charge in [0.2, 0.25) is 5.78 Å². The van der Waals surface area contributed by atoms with E-state index in [-0.39, 0.29) is 11.3 Å². The van der Waals surface area contributed by atoms with Crippen LogP contribution < -0.4 is 10.4 Å². The first-order valence-corrected chi connectivity index (χ1v) is 12.5. The van der Waals surface area contributed by atoms with E-state index in [0.717, 1.165) is 49.6 Å². The molecule has 3 aromatic carbocycles. The maximum absolute atomic E-state index is 13.0. The van der Waals surface area contributed by atoms with Gasteiger partial charge in [-0.1, -0.05) is 30.7 Å². The molecule has 2 atom stereocenters. The zero-order valence-electron chi connectivity index (χ0n) is 21.1. The number of rotatable bonds is 7. The van der Waals surface area contributed by atoms with E-state index in [4.69, 9.17) is 4.74 Å². The van der Waals surface area contributed by atoms with Crippen molar-refractivity contribution in [3.63, 3.8) is 0 Å². The third kappa shape index (κ3) is 5.98. The lowest BCUT2D eigenvalue weighted by atomic mass is 9.95. The summed E-state index contributed by atoms with van der Waals surface area (Å²) in [5.41, 5.74) is -2.08. The predicted molar refractivity (Wildman–Crippen MR) is 138 cm³/mol. The van der Waals surface area contributed by atoms with Crippen LogP contribution in [0.25, 0.3) is 0 Å². The number of aromatic carboxylic acids is 1. The second kappa shape index (κ2) is 11.8. The van der Waals surface area contributed by atoms with Gasteiger partial charge in [0.1, 0.15) is 28.9 Å². The van der Waals surface area contributed by atoms with Gasteiger partial charge in [-0.3, -0.25) is 9.59 Å². The first-order valence-electron chi connectivity index (χ1n) is 12.5. The number of aromatic hydroxyl groups is 3. The van der Waals surface area contributed by atoms with Crippen LogP contribution >= 0.6 is 0 Å². The highest BCUT2D eigenvalue weighted by atomic mass is 16.5. The number of carboxylic acid groups (broad SMARTS) is 1. The second-order valence-corrected chi connectivity index (χ2v) is 9.41. The van der Waals surface area contributed by atoms with E-state index in [0.29, 0.717) is 18.4 Å². The van der Waals surface area contributed by atoms with Crippen LogP contribution in [0.2, 0.25) is 0 Å². The lowest BCUT2D eigenvalue weighted by Gasteiger charge is -2.26. The van der Waals surface area contributed by atoms with Crippen molar-refractivity contribution in [3.8, 4) is 23.0 Å². The summed E-state index contributed by atoms with van der Waals surface area (Å²) in [4.78, 5) is 50.3. The van der Waals surface area contributed by atoms with Gasteiger partial charge in [-0.2, -0.15) is 0 Å². The molecular formula is C29H26NO10-. The molecule has 0 heterocycles. The lowest BCUT2D eigenvalue weighted by Crippen LogP contribution is -2.44. The number of amides is 1. The van der Waals surface area contributed by atoms with Crippen LogP contribution in [0.3, 0.4) is 0 Å². The Hall–Kier alpha value is -5.06. The van der Waals surface area contributed by atoms with Gasteiger partial charge in [-0.25, -0.2) is 9.59 Å². The molecule has 5 N–H and O–H groups in total. The van der Waals surface area contributed by atoms with Gasteiger partial charge >= 0.3 is 11.9 Å². The summed E-state index contributed by atoms with van der Waals surface area (Å²) in [6.45, 7) is 0. The minimum atomic E-state index is -1.55. The maximum atomic E-state index is 13.0. The zero-order valence-corrected chi connectivity index (χ0v) is 21.1. The van der Waals surface area contributed by atoms with E-state index >= 15 is 0 Å². The molecule has 208 valence electrons. The Labute approximate surface area is 228 Å². The van der Waals surface area contributed by atoms with Crippen LogP contribution in [0.4, 0.5) is 0 Å². The number of carboxylic acids is 1. The van der Waals surface area contributed by atoms with E-state index in [1.165, 1.54) is 24.3 Å². The normalized spacial score (nSPS) is 16.9. The summed E-state index contributed by atoms with van der Waals surface area (Å²) in [5, 5.41) is 55.0. The topological polar surface area (TPSA) is 194 Å². The zero-order chi connectivity index (χ0) is 29.0. The molecule has 11 heteroatoms. The van der Waals surface area contributed by atoms with Crippen LogP contribution in [0.5, 0.6) is 23.0 Å². The highest BCUT2D eigenvalue weighted by Gasteiger charge is 2.31. The number of hydrogen-bond donors (Lipinski definition) is 5. The Balaban J connectivity index is 1.55. The molecule has 3 aromatic rings. The third-order valence-corrected chi connectivity index (χ3v) is 6.70. The van der Waals surface area contributed by atoms with Crippen LogP contribution in [-0.2, 0) is 4.74 Å².